The van der Waals surface area contributed by atoms with E-state index in [1.54, 1.807) is 0 Å². The number of aliphatic hydroxyl groups is 7. The van der Waals surface area contributed by atoms with Crippen molar-refractivity contribution in [2.24, 2.45) is 0 Å². The number of aliphatic hydroxyl groups excluding tert-OH is 7. The first-order valence-corrected chi connectivity index (χ1v) is 12.7. The molecule has 3 aromatic rings. The lowest BCUT2D eigenvalue weighted by molar-refractivity contribution is -0.277. The van der Waals surface area contributed by atoms with Crippen LogP contribution in [0, 0.1) is 0 Å². The van der Waals surface area contributed by atoms with E-state index < -0.39 is 79.2 Å². The van der Waals surface area contributed by atoms with Crippen LogP contribution in [0.15, 0.2) is 51.9 Å². The van der Waals surface area contributed by atoms with Gasteiger partial charge in [-0.05, 0) is 24.6 Å². The minimum Gasteiger partial charge on any atom is -0.507 e. The van der Waals surface area contributed by atoms with Crippen LogP contribution < -0.4 is 14.9 Å². The molecule has 0 bridgehead atoms. The highest BCUT2D eigenvalue weighted by molar-refractivity contribution is 5.88. The van der Waals surface area contributed by atoms with E-state index in [-0.39, 0.29) is 28.0 Å². The summed E-state index contributed by atoms with van der Waals surface area (Å²) in [6.07, 6.45) is -12.7. The van der Waals surface area contributed by atoms with Crippen molar-refractivity contribution in [3.63, 3.8) is 0 Å². The maximum absolute atomic E-state index is 13.3. The molecular weight excluding hydrogens is 548 g/mol. The molecule has 14 nitrogen and oxygen atoms in total. The summed E-state index contributed by atoms with van der Waals surface area (Å²) in [6.45, 7) is 0.882. The van der Waals surface area contributed by atoms with E-state index in [2.05, 4.69) is 0 Å². The minimum absolute atomic E-state index is 0.0274. The summed E-state index contributed by atoms with van der Waals surface area (Å²) in [5.41, 5.74) is -0.117. The lowest BCUT2D eigenvalue weighted by atomic mass is 9.99. The van der Waals surface area contributed by atoms with E-state index >= 15 is 0 Å². The molecule has 0 spiro atoms. The summed E-state index contributed by atoms with van der Waals surface area (Å²) in [7, 11) is 0. The van der Waals surface area contributed by atoms with Gasteiger partial charge in [0.1, 0.15) is 77.2 Å². The number of ether oxygens (including phenoxy) is 4. The average Bonchev–Trinajstić information content (AvgIpc) is 2.95. The highest BCUT2D eigenvalue weighted by atomic mass is 16.7. The lowest BCUT2D eigenvalue weighted by Crippen LogP contribution is -2.60. The van der Waals surface area contributed by atoms with Crippen molar-refractivity contribution >= 4 is 11.0 Å². The van der Waals surface area contributed by atoms with Crippen LogP contribution in [0.5, 0.6) is 17.2 Å². The Morgan fingerprint density at radius 1 is 0.780 bits per heavy atom. The van der Waals surface area contributed by atoms with E-state index in [0.29, 0.717) is 5.56 Å². The molecule has 5 rings (SSSR count). The van der Waals surface area contributed by atoms with Gasteiger partial charge in [-0.3, -0.25) is 4.79 Å². The number of fused-ring (bicyclic) bond motifs is 1. The van der Waals surface area contributed by atoms with Gasteiger partial charge in [0.15, 0.2) is 0 Å². The Morgan fingerprint density at radius 2 is 1.39 bits per heavy atom. The summed E-state index contributed by atoms with van der Waals surface area (Å²) >= 11 is 0. The molecule has 2 aromatic carbocycles. The summed E-state index contributed by atoms with van der Waals surface area (Å²) < 4.78 is 27.4. The van der Waals surface area contributed by atoms with Gasteiger partial charge < -0.3 is 64.2 Å². The second kappa shape index (κ2) is 11.5. The van der Waals surface area contributed by atoms with Gasteiger partial charge in [0.25, 0.3) is 0 Å². The second-order valence-corrected chi connectivity index (χ2v) is 9.93. The maximum atomic E-state index is 13.3. The minimum atomic E-state index is -1.60. The van der Waals surface area contributed by atoms with Gasteiger partial charge in [0.05, 0.1) is 18.3 Å². The van der Waals surface area contributed by atoms with Crippen LogP contribution in [0.3, 0.4) is 0 Å². The molecule has 3 heterocycles. The topological polar surface area (TPSA) is 229 Å². The molecule has 14 heteroatoms. The number of aromatic hydroxyl groups is 1. The summed E-state index contributed by atoms with van der Waals surface area (Å²) in [4.78, 5) is 13.3. The van der Waals surface area contributed by atoms with E-state index in [9.17, 15) is 45.6 Å². The number of hydrogen-bond acceptors (Lipinski definition) is 14. The third-order valence-electron chi connectivity index (χ3n) is 7.16. The molecule has 41 heavy (non-hydrogen) atoms. The van der Waals surface area contributed by atoms with Crippen molar-refractivity contribution in [3.8, 4) is 28.4 Å². The molecule has 0 aliphatic carbocycles. The first kappa shape index (κ1) is 29.2. The molecule has 0 radical (unpaired) electrons. The molecule has 222 valence electrons. The van der Waals surface area contributed by atoms with E-state index in [1.165, 1.54) is 43.5 Å². The fourth-order valence-corrected chi connectivity index (χ4v) is 4.73. The van der Waals surface area contributed by atoms with Crippen LogP contribution in [0.1, 0.15) is 6.92 Å². The van der Waals surface area contributed by atoms with Gasteiger partial charge in [0.2, 0.25) is 18.0 Å². The predicted octanol–water partition coefficient (Wildman–Crippen LogP) is -1.45. The number of benzene rings is 2. The predicted molar refractivity (Wildman–Crippen MR) is 137 cm³/mol. The number of phenols is 1. The van der Waals surface area contributed by atoms with E-state index in [1.807, 2.05) is 0 Å². The molecule has 1 aromatic heterocycles. The van der Waals surface area contributed by atoms with Crippen LogP contribution in [-0.4, -0.2) is 109 Å². The van der Waals surface area contributed by atoms with Gasteiger partial charge in [0, 0.05) is 12.1 Å². The first-order chi connectivity index (χ1) is 19.5. The number of phenolic OH excluding ortho intramolecular Hbond substituents is 1. The fraction of sp³-hybridized carbons (Fsp3) is 0.444. The normalized spacial score (nSPS) is 34.0. The zero-order valence-electron chi connectivity index (χ0n) is 21.5. The number of hydrogen-bond donors (Lipinski definition) is 8. The van der Waals surface area contributed by atoms with Crippen LogP contribution in [0.2, 0.25) is 0 Å². The fourth-order valence-electron chi connectivity index (χ4n) is 4.73. The summed E-state index contributed by atoms with van der Waals surface area (Å²) in [5, 5.41) is 79.9. The Hall–Kier alpha value is -3.31. The van der Waals surface area contributed by atoms with Gasteiger partial charge in [-0.15, -0.1) is 0 Å². The van der Waals surface area contributed by atoms with Crippen molar-refractivity contribution in [1.82, 2.24) is 0 Å². The van der Waals surface area contributed by atoms with Gasteiger partial charge in [-0.25, -0.2) is 0 Å². The quantitative estimate of drug-likeness (QED) is 0.167. The Balaban J connectivity index is 1.35. The first-order valence-electron chi connectivity index (χ1n) is 12.7. The van der Waals surface area contributed by atoms with Crippen molar-refractivity contribution in [2.45, 2.75) is 68.3 Å². The van der Waals surface area contributed by atoms with Crippen molar-refractivity contribution in [2.75, 3.05) is 6.61 Å². The highest BCUT2D eigenvalue weighted by Crippen LogP contribution is 2.33. The molecule has 2 aliphatic rings. The van der Waals surface area contributed by atoms with Crippen LogP contribution >= 0.6 is 0 Å². The average molecular weight is 579 g/mol. The monoisotopic (exact) mass is 578 g/mol. The van der Waals surface area contributed by atoms with Gasteiger partial charge >= 0.3 is 0 Å². The molecule has 10 atom stereocenters. The van der Waals surface area contributed by atoms with E-state index in [4.69, 9.17) is 23.4 Å². The third-order valence-corrected chi connectivity index (χ3v) is 7.16. The summed E-state index contributed by atoms with van der Waals surface area (Å²) in [5.74, 6) is -0.318. The van der Waals surface area contributed by atoms with Crippen molar-refractivity contribution in [3.05, 3.63) is 52.9 Å². The zero-order valence-corrected chi connectivity index (χ0v) is 21.5. The lowest BCUT2D eigenvalue weighted by Gasteiger charge is -2.39. The smallest absolute Gasteiger partial charge is 0.229 e. The Morgan fingerprint density at radius 3 is 2.05 bits per heavy atom. The van der Waals surface area contributed by atoms with Gasteiger partial charge in [-0.1, -0.05) is 12.1 Å². The van der Waals surface area contributed by atoms with Crippen molar-refractivity contribution < 1.29 is 64.2 Å². The van der Waals surface area contributed by atoms with Gasteiger partial charge in [-0.2, -0.15) is 0 Å². The van der Waals surface area contributed by atoms with Crippen LogP contribution in [0.4, 0.5) is 0 Å². The van der Waals surface area contributed by atoms with Crippen LogP contribution in [-0.2, 0) is 9.47 Å². The maximum Gasteiger partial charge on any atom is 0.229 e. The molecule has 0 saturated carbocycles. The van der Waals surface area contributed by atoms with Crippen molar-refractivity contribution in [1.29, 1.82) is 0 Å². The molecular formula is C27H30O14. The SMILES string of the molecule is C[C@@H]1O[C@@H](Oc2cc(O)c3c(=O)c(-c4ccc(O[C@@H]5O[C@H](CO)[C@@H](O)[C@H](O)[C@H]5O)cc4)coc3c2)[C@H](O)[C@H](O)[C@H]1O. The Bertz CT molecular complexity index is 1420. The zero-order chi connectivity index (χ0) is 29.6. The molecule has 0 unspecified atom stereocenters. The largest absolute Gasteiger partial charge is 0.507 e. The third kappa shape index (κ3) is 5.49. The molecule has 2 saturated heterocycles. The summed E-state index contributed by atoms with van der Waals surface area (Å²) in [6, 6.07) is 8.36. The molecule has 0 amide bonds. The standard InChI is InChI=1S/C27H30O14/c1-10-19(30)22(33)24(35)26(38-10)40-13-6-15(29)18-16(7-13)37-9-14(20(18)31)11-2-4-12(5-3-11)39-27-25(36)23(34)21(32)17(8-28)41-27/h2-7,9-10,17,19,21-30,32-36H,8H2,1H3/t10-,17+,19-,21+,22+,23-,24+,25+,26-,27+/m0/s1. The van der Waals surface area contributed by atoms with E-state index in [0.717, 1.165) is 6.07 Å². The second-order valence-electron chi connectivity index (χ2n) is 9.93. The molecule has 8 N–H and O–H groups in total. The molecule has 2 fully saturated rings. The Labute approximate surface area is 231 Å². The molecule has 2 aliphatic heterocycles. The Kier molecular flexibility index (Phi) is 8.20. The number of rotatable bonds is 6. The van der Waals surface area contributed by atoms with Crippen LogP contribution in [0.25, 0.3) is 22.1 Å². The highest BCUT2D eigenvalue weighted by Gasteiger charge is 2.45.